The average molecular weight is 724 g/mol. The highest BCUT2D eigenvalue weighted by atomic mass is 32.1. The fourth-order valence-corrected chi connectivity index (χ4v) is 7.08. The van der Waals surface area contributed by atoms with Gasteiger partial charge in [0.2, 0.25) is 11.9 Å². The third-order valence-electron chi connectivity index (χ3n) is 8.95. The standard InChI is InChI=1S/C38H37N5O8S/c1-23(44)40-37-41-34-31(35(46)42-37)39-22-43(34)36-33(49-20-29-10-7-19-52-29)32(45)30(51-36)21-50-38(24-8-5-4-6-9-24,25-11-15-27(47-2)16-12-25)26-13-17-28(48-3)18-14-26/h4-19,22,30,32-33,36,45H,20-21H2,1-3H3,(H2,40,41,42,44,46)/t30-,32-,33-,36-/m1/s1. The fraction of sp³-hybridized carbons (Fsp3) is 0.263. The van der Waals surface area contributed by atoms with E-state index in [1.165, 1.54) is 29.2 Å². The second-order valence-electron chi connectivity index (χ2n) is 12.1. The zero-order chi connectivity index (χ0) is 36.2. The van der Waals surface area contributed by atoms with Crippen LogP contribution >= 0.6 is 11.3 Å². The van der Waals surface area contributed by atoms with Crippen LogP contribution in [0.1, 0.15) is 34.7 Å². The van der Waals surface area contributed by atoms with Crippen LogP contribution in [-0.4, -0.2) is 69.7 Å². The Morgan fingerprint density at radius 2 is 1.62 bits per heavy atom. The van der Waals surface area contributed by atoms with E-state index in [9.17, 15) is 14.7 Å². The Kier molecular flexibility index (Phi) is 10.2. The van der Waals surface area contributed by atoms with Gasteiger partial charge in [-0.15, -0.1) is 11.3 Å². The summed E-state index contributed by atoms with van der Waals surface area (Å²) in [6, 6.07) is 29.0. The minimum absolute atomic E-state index is 0.0333. The zero-order valence-corrected chi connectivity index (χ0v) is 29.4. The maximum atomic E-state index is 12.9. The predicted molar refractivity (Wildman–Crippen MR) is 194 cm³/mol. The molecule has 1 amide bonds. The van der Waals surface area contributed by atoms with Crippen molar-refractivity contribution in [2.75, 3.05) is 26.1 Å². The number of aromatic amines is 1. The van der Waals surface area contributed by atoms with Gasteiger partial charge >= 0.3 is 0 Å². The van der Waals surface area contributed by atoms with Gasteiger partial charge in [0.25, 0.3) is 5.56 Å². The normalized spacial score (nSPS) is 18.8. The van der Waals surface area contributed by atoms with E-state index >= 15 is 0 Å². The first-order valence-corrected chi connectivity index (χ1v) is 17.4. The molecule has 52 heavy (non-hydrogen) atoms. The van der Waals surface area contributed by atoms with Gasteiger partial charge in [0.1, 0.15) is 35.4 Å². The van der Waals surface area contributed by atoms with E-state index in [4.69, 9.17) is 23.7 Å². The van der Waals surface area contributed by atoms with E-state index in [2.05, 4.69) is 20.3 Å². The third-order valence-corrected chi connectivity index (χ3v) is 9.80. The molecule has 3 N–H and O–H groups in total. The molecule has 4 atom stereocenters. The molecule has 4 heterocycles. The number of hydrogen-bond donors (Lipinski definition) is 3. The minimum atomic E-state index is -1.18. The van der Waals surface area contributed by atoms with E-state index in [0.29, 0.717) is 11.5 Å². The Morgan fingerprint density at radius 1 is 0.962 bits per heavy atom. The molecule has 13 nitrogen and oxygen atoms in total. The van der Waals surface area contributed by atoms with Crippen molar-refractivity contribution < 1.29 is 33.6 Å². The minimum Gasteiger partial charge on any atom is -0.497 e. The highest BCUT2D eigenvalue weighted by molar-refractivity contribution is 7.09. The lowest BCUT2D eigenvalue weighted by molar-refractivity contribution is -0.114. The molecule has 0 radical (unpaired) electrons. The number of anilines is 1. The number of nitrogens with one attached hydrogen (secondary N) is 2. The number of carbonyl (C=O) groups excluding carboxylic acids is 1. The number of aliphatic hydroxyl groups is 1. The average Bonchev–Trinajstić information content (AvgIpc) is 3.91. The summed E-state index contributed by atoms with van der Waals surface area (Å²) in [5, 5.41) is 16.4. The van der Waals surface area contributed by atoms with Crippen LogP contribution in [-0.2, 0) is 31.2 Å². The monoisotopic (exact) mass is 723 g/mol. The molecule has 3 aromatic heterocycles. The second-order valence-corrected chi connectivity index (χ2v) is 13.2. The summed E-state index contributed by atoms with van der Waals surface area (Å²) in [5.41, 5.74) is 0.931. The van der Waals surface area contributed by atoms with Crippen molar-refractivity contribution >= 4 is 34.4 Å². The van der Waals surface area contributed by atoms with Crippen molar-refractivity contribution in [3.8, 4) is 11.5 Å². The van der Waals surface area contributed by atoms with E-state index in [-0.39, 0.29) is 30.3 Å². The van der Waals surface area contributed by atoms with Crippen LogP contribution in [0, 0.1) is 0 Å². The quantitative estimate of drug-likeness (QED) is 0.138. The lowest BCUT2D eigenvalue weighted by Crippen LogP contribution is -2.40. The lowest BCUT2D eigenvalue weighted by Gasteiger charge is -2.37. The van der Waals surface area contributed by atoms with Crippen LogP contribution < -0.4 is 20.3 Å². The van der Waals surface area contributed by atoms with Crippen molar-refractivity contribution in [3.05, 3.63) is 135 Å². The summed E-state index contributed by atoms with van der Waals surface area (Å²) in [7, 11) is 3.22. The first kappa shape index (κ1) is 35.0. The smallest absolute Gasteiger partial charge is 0.280 e. The van der Waals surface area contributed by atoms with Gasteiger partial charge < -0.3 is 28.8 Å². The number of hydrogen-bond acceptors (Lipinski definition) is 11. The van der Waals surface area contributed by atoms with Crippen molar-refractivity contribution in [2.24, 2.45) is 0 Å². The van der Waals surface area contributed by atoms with Crippen LogP contribution in [0.4, 0.5) is 5.95 Å². The largest absolute Gasteiger partial charge is 0.497 e. The van der Waals surface area contributed by atoms with Crippen molar-refractivity contribution in [1.82, 2.24) is 19.5 Å². The topological polar surface area (TPSA) is 159 Å². The summed E-state index contributed by atoms with van der Waals surface area (Å²) in [6.07, 6.45) is -2.57. The van der Waals surface area contributed by atoms with E-state index in [1.54, 1.807) is 14.2 Å². The highest BCUT2D eigenvalue weighted by Gasteiger charge is 2.48. The molecule has 1 fully saturated rings. The predicted octanol–water partition coefficient (Wildman–Crippen LogP) is 5.01. The number of ether oxygens (including phenoxy) is 5. The van der Waals surface area contributed by atoms with Crippen LogP contribution in [0.25, 0.3) is 11.2 Å². The SMILES string of the molecule is COc1ccc(C(OC[C@H]2O[C@@H](n3cnc4c(=O)[nH]c(NC(C)=O)nc43)[C@H](OCc3cccs3)[C@@H]2O)(c2ccccc2)c2ccc(OC)cc2)cc1. The Labute approximate surface area is 302 Å². The molecular formula is C38H37N5O8S. The number of H-pyrrole nitrogens is 1. The molecule has 1 aliphatic rings. The van der Waals surface area contributed by atoms with Crippen molar-refractivity contribution in [1.29, 1.82) is 0 Å². The Morgan fingerprint density at radius 3 is 2.21 bits per heavy atom. The van der Waals surface area contributed by atoms with Gasteiger partial charge in [-0.3, -0.25) is 24.5 Å². The molecule has 7 rings (SSSR count). The number of thiophene rings is 1. The molecule has 0 saturated carbocycles. The Hall–Kier alpha value is -5.38. The van der Waals surface area contributed by atoms with E-state index in [0.717, 1.165) is 21.6 Å². The molecule has 0 aliphatic carbocycles. The summed E-state index contributed by atoms with van der Waals surface area (Å²) in [5.74, 6) is 0.911. The van der Waals surface area contributed by atoms with Crippen LogP contribution in [0.3, 0.4) is 0 Å². The van der Waals surface area contributed by atoms with Gasteiger partial charge in [-0.1, -0.05) is 60.7 Å². The number of methoxy groups -OCH3 is 2. The van der Waals surface area contributed by atoms with Gasteiger partial charge in [0.15, 0.2) is 17.4 Å². The van der Waals surface area contributed by atoms with Crippen molar-refractivity contribution in [2.45, 2.75) is 43.7 Å². The number of imidazole rings is 1. The maximum Gasteiger partial charge on any atom is 0.280 e. The second kappa shape index (κ2) is 15.1. The molecule has 1 aliphatic heterocycles. The lowest BCUT2D eigenvalue weighted by atomic mass is 9.80. The zero-order valence-electron chi connectivity index (χ0n) is 28.6. The number of nitrogens with zero attached hydrogens (tertiary/aromatic N) is 3. The summed E-state index contributed by atoms with van der Waals surface area (Å²) >= 11 is 1.52. The number of amides is 1. The molecule has 0 unspecified atom stereocenters. The Balaban J connectivity index is 1.28. The summed E-state index contributed by atoms with van der Waals surface area (Å²) in [6.45, 7) is 1.43. The Bertz CT molecular complexity index is 2120. The number of aromatic nitrogens is 4. The van der Waals surface area contributed by atoms with Gasteiger partial charge in [0.05, 0.1) is 33.8 Å². The van der Waals surface area contributed by atoms with Crippen LogP contribution in [0.2, 0.25) is 0 Å². The van der Waals surface area contributed by atoms with Crippen LogP contribution in [0.5, 0.6) is 11.5 Å². The number of fused-ring (bicyclic) bond motifs is 1. The molecule has 268 valence electrons. The first-order valence-electron chi connectivity index (χ1n) is 16.5. The van der Waals surface area contributed by atoms with Crippen LogP contribution in [0.15, 0.2) is 107 Å². The van der Waals surface area contributed by atoms with E-state index < -0.39 is 41.6 Å². The van der Waals surface area contributed by atoms with Gasteiger partial charge in [-0.2, -0.15) is 4.98 Å². The molecule has 14 heteroatoms. The van der Waals surface area contributed by atoms with E-state index in [1.807, 2.05) is 96.4 Å². The first-order chi connectivity index (χ1) is 25.3. The summed E-state index contributed by atoms with van der Waals surface area (Å²) in [4.78, 5) is 36.9. The number of benzene rings is 3. The highest BCUT2D eigenvalue weighted by Crippen LogP contribution is 2.43. The van der Waals surface area contributed by atoms with Crippen molar-refractivity contribution in [3.63, 3.8) is 0 Å². The maximum absolute atomic E-state index is 12.9. The molecule has 6 aromatic rings. The molecular weight excluding hydrogens is 687 g/mol. The van der Waals surface area contributed by atoms with Gasteiger partial charge in [-0.05, 0) is 52.4 Å². The number of rotatable bonds is 13. The summed E-state index contributed by atoms with van der Waals surface area (Å²) < 4.78 is 32.5. The molecule has 0 spiro atoms. The molecule has 0 bridgehead atoms. The molecule has 1 saturated heterocycles. The molecule has 3 aromatic carbocycles. The number of aliphatic hydroxyl groups excluding tert-OH is 1. The van der Waals surface area contributed by atoms with Gasteiger partial charge in [-0.25, -0.2) is 4.98 Å². The third kappa shape index (κ3) is 6.81. The fourth-order valence-electron chi connectivity index (χ4n) is 6.45. The van der Waals surface area contributed by atoms with Gasteiger partial charge in [0, 0.05) is 11.8 Å². The number of carbonyl (C=O) groups is 1.